The molecule has 0 atom stereocenters. The van der Waals surface area contributed by atoms with Crippen molar-refractivity contribution in [2.45, 2.75) is 5.16 Å². The number of aromatic nitrogens is 3. The monoisotopic (exact) mass is 338 g/mol. The molecule has 120 valence electrons. The first-order valence-corrected chi connectivity index (χ1v) is 8.38. The quantitative estimate of drug-likeness (QED) is 0.714. The first-order valence-electron chi connectivity index (χ1n) is 7.16. The molecular formula is C17H14N4O2S. The van der Waals surface area contributed by atoms with Gasteiger partial charge in [0.15, 0.2) is 10.9 Å². The summed E-state index contributed by atoms with van der Waals surface area (Å²) in [5.41, 5.74) is 1.36. The number of aromatic amines is 1. The van der Waals surface area contributed by atoms with Crippen LogP contribution in [0.25, 0.3) is 11.3 Å². The van der Waals surface area contributed by atoms with Crippen LogP contribution in [0.2, 0.25) is 0 Å². The normalized spacial score (nSPS) is 10.4. The topological polar surface area (TPSA) is 87.7 Å². The number of anilines is 1. The molecule has 1 aromatic heterocycles. The van der Waals surface area contributed by atoms with E-state index in [2.05, 4.69) is 20.5 Å². The lowest BCUT2D eigenvalue weighted by atomic mass is 10.1. The number of amides is 1. The van der Waals surface area contributed by atoms with E-state index in [1.54, 1.807) is 54.8 Å². The number of H-pyrrole nitrogens is 1. The second-order valence-electron chi connectivity index (χ2n) is 4.88. The molecule has 3 rings (SSSR count). The Labute approximate surface area is 142 Å². The van der Waals surface area contributed by atoms with Crippen LogP contribution in [0.3, 0.4) is 0 Å². The molecule has 2 N–H and O–H groups in total. The van der Waals surface area contributed by atoms with Gasteiger partial charge in [-0.15, -0.1) is 10.2 Å². The number of thioether (sulfide) groups is 1. The summed E-state index contributed by atoms with van der Waals surface area (Å²) < 4.78 is 0. The average Bonchev–Trinajstić information content (AvgIpc) is 2.63. The Morgan fingerprint density at radius 2 is 1.75 bits per heavy atom. The fourth-order valence-corrected chi connectivity index (χ4v) is 2.49. The summed E-state index contributed by atoms with van der Waals surface area (Å²) in [6.45, 7) is 0. The van der Waals surface area contributed by atoms with Crippen LogP contribution in [-0.2, 0) is 0 Å². The van der Waals surface area contributed by atoms with Crippen molar-refractivity contribution in [3.8, 4) is 11.3 Å². The highest BCUT2D eigenvalue weighted by Gasteiger charge is 2.14. The van der Waals surface area contributed by atoms with Crippen molar-refractivity contribution >= 4 is 23.4 Å². The number of nitrogens with zero attached hydrogens (tertiary/aromatic N) is 2. The molecule has 0 spiro atoms. The molecule has 2 aromatic carbocycles. The second-order valence-corrected chi connectivity index (χ2v) is 5.67. The summed E-state index contributed by atoms with van der Waals surface area (Å²) in [5, 5.41) is 11.2. The highest BCUT2D eigenvalue weighted by atomic mass is 32.2. The van der Waals surface area contributed by atoms with Crippen LogP contribution in [0.15, 0.2) is 64.5 Å². The van der Waals surface area contributed by atoms with Gasteiger partial charge in [-0.1, -0.05) is 48.2 Å². The highest BCUT2D eigenvalue weighted by molar-refractivity contribution is 7.98. The minimum atomic E-state index is -0.351. The van der Waals surface area contributed by atoms with Gasteiger partial charge in [0.1, 0.15) is 0 Å². The Balaban J connectivity index is 1.97. The molecule has 24 heavy (non-hydrogen) atoms. The van der Waals surface area contributed by atoms with Gasteiger partial charge in [0, 0.05) is 11.1 Å². The molecule has 0 saturated carbocycles. The molecule has 1 amide bonds. The Hall–Kier alpha value is -2.93. The highest BCUT2D eigenvalue weighted by Crippen LogP contribution is 2.24. The van der Waals surface area contributed by atoms with E-state index in [1.165, 1.54) is 11.8 Å². The number of carbonyl (C=O) groups excluding carboxylic acids is 1. The van der Waals surface area contributed by atoms with Crippen LogP contribution in [-0.4, -0.2) is 27.3 Å². The van der Waals surface area contributed by atoms with Crippen molar-refractivity contribution < 1.29 is 4.79 Å². The van der Waals surface area contributed by atoms with E-state index in [1.807, 2.05) is 6.07 Å². The maximum absolute atomic E-state index is 12.3. The Morgan fingerprint density at radius 3 is 2.46 bits per heavy atom. The van der Waals surface area contributed by atoms with E-state index in [0.29, 0.717) is 22.0 Å². The summed E-state index contributed by atoms with van der Waals surface area (Å²) in [6, 6.07) is 15.9. The van der Waals surface area contributed by atoms with Crippen LogP contribution < -0.4 is 10.9 Å². The number of benzene rings is 2. The van der Waals surface area contributed by atoms with E-state index in [0.717, 1.165) is 0 Å². The van der Waals surface area contributed by atoms with E-state index in [9.17, 15) is 9.59 Å². The number of nitrogens with one attached hydrogen (secondary N) is 2. The third kappa shape index (κ3) is 3.36. The van der Waals surface area contributed by atoms with Crippen LogP contribution in [0.1, 0.15) is 10.4 Å². The van der Waals surface area contributed by atoms with Crippen molar-refractivity contribution in [1.82, 2.24) is 15.2 Å². The van der Waals surface area contributed by atoms with Gasteiger partial charge in [-0.25, -0.2) is 0 Å². The summed E-state index contributed by atoms with van der Waals surface area (Å²) in [7, 11) is 0. The van der Waals surface area contributed by atoms with Crippen LogP contribution in [0.5, 0.6) is 0 Å². The molecule has 0 radical (unpaired) electrons. The molecule has 0 aliphatic heterocycles. The number of hydrogen-bond donors (Lipinski definition) is 2. The largest absolute Gasteiger partial charge is 0.321 e. The summed E-state index contributed by atoms with van der Waals surface area (Å²) in [4.78, 5) is 27.2. The predicted molar refractivity (Wildman–Crippen MR) is 94.3 cm³/mol. The van der Waals surface area contributed by atoms with Gasteiger partial charge in [-0.3, -0.25) is 14.6 Å². The van der Waals surface area contributed by atoms with Gasteiger partial charge in [0.2, 0.25) is 0 Å². The molecule has 7 heteroatoms. The van der Waals surface area contributed by atoms with Gasteiger partial charge < -0.3 is 5.32 Å². The van der Waals surface area contributed by atoms with Gasteiger partial charge in [0.05, 0.1) is 5.69 Å². The van der Waals surface area contributed by atoms with Crippen molar-refractivity contribution in [2.75, 3.05) is 11.6 Å². The molecule has 6 nitrogen and oxygen atoms in total. The lowest BCUT2D eigenvalue weighted by Crippen LogP contribution is -2.17. The maximum atomic E-state index is 12.3. The third-order valence-electron chi connectivity index (χ3n) is 3.34. The van der Waals surface area contributed by atoms with Crippen molar-refractivity contribution in [3.05, 3.63) is 70.5 Å². The average molecular weight is 338 g/mol. The molecule has 0 aliphatic rings. The van der Waals surface area contributed by atoms with E-state index >= 15 is 0 Å². The lowest BCUT2D eigenvalue weighted by Gasteiger charge is -2.10. The number of hydrogen-bond acceptors (Lipinski definition) is 5. The van der Waals surface area contributed by atoms with Crippen LogP contribution in [0.4, 0.5) is 5.69 Å². The molecule has 0 bridgehead atoms. The zero-order valence-electron chi connectivity index (χ0n) is 12.8. The maximum Gasteiger partial charge on any atom is 0.278 e. The first kappa shape index (κ1) is 15.9. The fraction of sp³-hybridized carbons (Fsp3) is 0.0588. The second kappa shape index (κ2) is 7.10. The minimum Gasteiger partial charge on any atom is -0.321 e. The van der Waals surface area contributed by atoms with Gasteiger partial charge in [-0.2, -0.15) is 0 Å². The number of rotatable bonds is 4. The smallest absolute Gasteiger partial charge is 0.278 e. The Morgan fingerprint density at radius 1 is 1.04 bits per heavy atom. The number of carbonyl (C=O) groups is 1. The fourth-order valence-electron chi connectivity index (χ4n) is 2.17. The van der Waals surface area contributed by atoms with Crippen LogP contribution >= 0.6 is 11.8 Å². The molecule has 0 aliphatic carbocycles. The molecule has 1 heterocycles. The molecule has 3 aromatic rings. The zero-order valence-corrected chi connectivity index (χ0v) is 13.6. The Kier molecular flexibility index (Phi) is 4.72. The van der Waals surface area contributed by atoms with Crippen molar-refractivity contribution in [2.24, 2.45) is 0 Å². The molecule has 0 unspecified atom stereocenters. The Bertz CT molecular complexity index is 925. The van der Waals surface area contributed by atoms with E-state index in [-0.39, 0.29) is 17.2 Å². The molecule has 0 saturated heterocycles. The van der Waals surface area contributed by atoms with Crippen LogP contribution in [0, 0.1) is 0 Å². The van der Waals surface area contributed by atoms with Crippen molar-refractivity contribution in [1.29, 1.82) is 0 Å². The predicted octanol–water partition coefficient (Wildman–Crippen LogP) is 2.81. The van der Waals surface area contributed by atoms with Crippen molar-refractivity contribution in [3.63, 3.8) is 0 Å². The summed E-state index contributed by atoms with van der Waals surface area (Å²) >= 11 is 1.30. The molecule has 0 fully saturated rings. The lowest BCUT2D eigenvalue weighted by molar-refractivity contribution is 0.102. The molecular weight excluding hydrogens is 324 g/mol. The number of para-hydroxylation sites is 1. The zero-order chi connectivity index (χ0) is 16.9. The SMILES string of the molecule is CSc1nnc(-c2ccccc2NC(=O)c2ccccc2)c(=O)[nH]1. The van der Waals surface area contributed by atoms with Gasteiger partial charge in [0.25, 0.3) is 11.5 Å². The third-order valence-corrected chi connectivity index (χ3v) is 3.91. The van der Waals surface area contributed by atoms with E-state index < -0.39 is 0 Å². The summed E-state index contributed by atoms with van der Waals surface area (Å²) in [5.74, 6) is -0.256. The first-order chi connectivity index (χ1) is 11.7. The van der Waals surface area contributed by atoms with Gasteiger partial charge >= 0.3 is 0 Å². The standard InChI is InChI=1S/C17H14N4O2S/c1-24-17-19-16(23)14(20-21-17)12-9-5-6-10-13(12)18-15(22)11-7-3-2-4-8-11/h2-10H,1H3,(H,18,22)(H,19,21,23). The minimum absolute atomic E-state index is 0.164. The van der Waals surface area contributed by atoms with E-state index in [4.69, 9.17) is 0 Å². The van der Waals surface area contributed by atoms with Gasteiger partial charge in [-0.05, 0) is 24.5 Å². The summed E-state index contributed by atoms with van der Waals surface area (Å²) in [6.07, 6.45) is 1.80.